The van der Waals surface area contributed by atoms with E-state index in [2.05, 4.69) is 0 Å². The van der Waals surface area contributed by atoms with E-state index in [9.17, 15) is 13.2 Å². The molecule has 0 aliphatic heterocycles. The molecule has 1 nitrogen and oxygen atoms in total. The monoisotopic (exact) mass is 579 g/mol. The van der Waals surface area contributed by atoms with Crippen molar-refractivity contribution in [3.05, 3.63) is 181 Å². The van der Waals surface area contributed by atoms with Crippen LogP contribution in [-0.2, 0) is 3.80 Å². The fraction of sp³-hybridized carbons (Fsp3) is 0. The summed E-state index contributed by atoms with van der Waals surface area (Å²) < 4.78 is 48.0. The standard InChI is InChI=1S/3C12H9F.Al.FH.O/c3*13-12-9-5-4-8-11(12)10-6-2-1-3-7-10;;;/h3*1-9H;;1H;. The van der Waals surface area contributed by atoms with Crippen molar-refractivity contribution in [3.63, 3.8) is 0 Å². The van der Waals surface area contributed by atoms with Crippen LogP contribution in [0.4, 0.5) is 17.9 Å². The van der Waals surface area contributed by atoms with Crippen LogP contribution in [0.15, 0.2) is 164 Å². The molecule has 42 heavy (non-hydrogen) atoms. The molecule has 0 spiro atoms. The zero-order chi connectivity index (χ0) is 29.3. The molecule has 6 heteroatoms. The first-order valence-electron chi connectivity index (χ1n) is 12.8. The number of hydrogen-bond acceptors (Lipinski definition) is 1. The zero-order valence-corrected chi connectivity index (χ0v) is 23.8. The molecule has 0 unspecified atom stereocenters. The first kappa shape index (κ1) is 33.6. The van der Waals surface area contributed by atoms with Crippen molar-refractivity contribution in [3.8, 4) is 33.4 Å². The normalized spacial score (nSPS) is 9.29. The van der Waals surface area contributed by atoms with E-state index in [4.69, 9.17) is 3.80 Å². The summed E-state index contributed by atoms with van der Waals surface area (Å²) in [5.41, 5.74) is 4.72. The fourth-order valence-corrected chi connectivity index (χ4v) is 3.94. The summed E-state index contributed by atoms with van der Waals surface area (Å²) in [4.78, 5) is 0. The minimum atomic E-state index is -0.172. The van der Waals surface area contributed by atoms with Crippen LogP contribution in [0.5, 0.6) is 0 Å². The van der Waals surface area contributed by atoms with Gasteiger partial charge in [0.2, 0.25) is 0 Å². The molecule has 1 radical (unpaired) electrons. The fourth-order valence-electron chi connectivity index (χ4n) is 3.94. The van der Waals surface area contributed by atoms with Crippen molar-refractivity contribution in [2.24, 2.45) is 0 Å². The predicted octanol–water partition coefficient (Wildman–Crippen LogP) is 10.1. The van der Waals surface area contributed by atoms with Gasteiger partial charge in [-0.15, -0.1) is 0 Å². The molecule has 0 aliphatic carbocycles. The van der Waals surface area contributed by atoms with Crippen molar-refractivity contribution in [1.29, 1.82) is 0 Å². The van der Waals surface area contributed by atoms with Gasteiger partial charge in [0.15, 0.2) is 0 Å². The number of rotatable bonds is 3. The van der Waals surface area contributed by atoms with Crippen LogP contribution in [0.1, 0.15) is 0 Å². The number of benzene rings is 6. The van der Waals surface area contributed by atoms with Crippen molar-refractivity contribution < 1.29 is 21.7 Å². The summed E-state index contributed by atoms with van der Waals surface area (Å²) >= 11 is 1.17. The molecule has 0 amide bonds. The first-order valence-corrected chi connectivity index (χ1v) is 13.2. The van der Waals surface area contributed by atoms with Gasteiger partial charge in [0.05, 0.1) is 0 Å². The summed E-state index contributed by atoms with van der Waals surface area (Å²) in [6.45, 7) is 0. The Hall–Kier alpha value is -4.63. The van der Waals surface area contributed by atoms with Crippen LogP contribution in [0, 0.1) is 17.5 Å². The van der Waals surface area contributed by atoms with Gasteiger partial charge < -0.3 is 0 Å². The molecule has 0 atom stereocenters. The molecule has 0 saturated carbocycles. The van der Waals surface area contributed by atoms with Crippen LogP contribution in [0.3, 0.4) is 0 Å². The third-order valence-electron chi connectivity index (χ3n) is 5.88. The average Bonchev–Trinajstić information content (AvgIpc) is 3.05. The van der Waals surface area contributed by atoms with Gasteiger partial charge >= 0.3 is 20.0 Å². The van der Waals surface area contributed by atoms with E-state index < -0.39 is 0 Å². The molecule has 0 heterocycles. The Labute approximate surface area is 251 Å². The topological polar surface area (TPSA) is 17.1 Å². The van der Waals surface area contributed by atoms with Gasteiger partial charge in [-0.2, -0.15) is 0 Å². The van der Waals surface area contributed by atoms with Crippen LogP contribution >= 0.6 is 0 Å². The third kappa shape index (κ3) is 10.1. The number of halogens is 4. The summed E-state index contributed by atoms with van der Waals surface area (Å²) in [7, 11) is 0. The maximum absolute atomic E-state index is 13.3. The van der Waals surface area contributed by atoms with Crippen LogP contribution < -0.4 is 0 Å². The molecule has 0 saturated heterocycles. The Kier molecular flexibility index (Phi) is 14.9. The Morgan fingerprint density at radius 3 is 0.714 bits per heavy atom. The molecule has 0 aromatic heterocycles. The minimum absolute atomic E-state index is 0. The van der Waals surface area contributed by atoms with Gasteiger partial charge in [0.25, 0.3) is 0 Å². The van der Waals surface area contributed by atoms with Crippen molar-refractivity contribution in [1.82, 2.24) is 0 Å². The second-order valence-electron chi connectivity index (χ2n) is 8.54. The molecule has 6 aromatic rings. The van der Waals surface area contributed by atoms with Gasteiger partial charge in [0.1, 0.15) is 17.5 Å². The quantitative estimate of drug-likeness (QED) is 0.151. The van der Waals surface area contributed by atoms with E-state index in [1.165, 1.54) is 34.4 Å². The van der Waals surface area contributed by atoms with Crippen molar-refractivity contribution >= 4 is 16.2 Å². The second kappa shape index (κ2) is 18.7. The van der Waals surface area contributed by atoms with Crippen LogP contribution in [0.25, 0.3) is 33.4 Å². The molecule has 0 bridgehead atoms. The summed E-state index contributed by atoms with van der Waals surface area (Å²) in [6, 6.07) is 49.0. The van der Waals surface area contributed by atoms with Gasteiger partial charge in [-0.1, -0.05) is 146 Å². The van der Waals surface area contributed by atoms with Gasteiger partial charge in [-0.05, 0) is 34.9 Å². The molecule has 209 valence electrons. The van der Waals surface area contributed by atoms with E-state index in [-0.39, 0.29) is 22.2 Å². The Morgan fingerprint density at radius 1 is 0.310 bits per heavy atom. The molecule has 0 N–H and O–H groups in total. The van der Waals surface area contributed by atoms with Crippen molar-refractivity contribution in [2.75, 3.05) is 0 Å². The second-order valence-corrected chi connectivity index (χ2v) is 8.54. The molecule has 6 rings (SSSR count). The molecule has 6 aromatic carbocycles. The van der Waals surface area contributed by atoms with Gasteiger partial charge in [-0.25, -0.2) is 13.2 Å². The average molecular weight is 580 g/mol. The van der Waals surface area contributed by atoms with E-state index in [1.807, 2.05) is 109 Å². The van der Waals surface area contributed by atoms with E-state index in [0.29, 0.717) is 16.7 Å². The third-order valence-corrected chi connectivity index (χ3v) is 5.88. The van der Waals surface area contributed by atoms with Gasteiger partial charge in [0, 0.05) is 16.7 Å². The molecular formula is C36H28AlF4O. The molecule has 0 aliphatic rings. The SMILES string of the molecule is F.Fc1ccccc1-c1ccccc1.Fc1ccccc1-c1ccccc1.Fc1ccccc1-c1ccccc1.[O]=[Al]. The Balaban J connectivity index is 0.000000211. The maximum atomic E-state index is 13.3. The summed E-state index contributed by atoms with van der Waals surface area (Å²) in [5, 5.41) is 0. The van der Waals surface area contributed by atoms with Gasteiger partial charge in [-0.3, -0.25) is 4.70 Å². The first-order chi connectivity index (χ1) is 20.1. The summed E-state index contributed by atoms with van der Waals surface area (Å²) in [6.07, 6.45) is 0. The summed E-state index contributed by atoms with van der Waals surface area (Å²) in [5.74, 6) is -0.517. The number of hydrogen-bond donors (Lipinski definition) is 0. The Morgan fingerprint density at radius 2 is 0.500 bits per heavy atom. The zero-order valence-electron chi connectivity index (χ0n) is 22.6. The predicted molar refractivity (Wildman–Crippen MR) is 164 cm³/mol. The van der Waals surface area contributed by atoms with Crippen LogP contribution in [0.2, 0.25) is 0 Å². The Bertz CT molecular complexity index is 1410. The van der Waals surface area contributed by atoms with E-state index >= 15 is 0 Å². The van der Waals surface area contributed by atoms with E-state index in [1.54, 1.807) is 36.4 Å². The van der Waals surface area contributed by atoms with Crippen molar-refractivity contribution in [2.45, 2.75) is 0 Å². The molecule has 0 fully saturated rings. The van der Waals surface area contributed by atoms with Crippen LogP contribution in [-0.4, -0.2) is 16.2 Å². The molecular weight excluding hydrogens is 551 g/mol. The van der Waals surface area contributed by atoms with E-state index in [0.717, 1.165) is 16.7 Å².